The number of hydrogen-bond donors (Lipinski definition) is 2. The number of carbonyl (C=O) groups excluding carboxylic acids is 1. The number of benzene rings is 3. The molecular weight excluding hydrogens is 580 g/mol. The van der Waals surface area contributed by atoms with Crippen molar-refractivity contribution in [2.45, 2.75) is 36.1 Å². The highest BCUT2D eigenvalue weighted by Crippen LogP contribution is 2.36. The Morgan fingerprint density at radius 2 is 1.59 bits per heavy atom. The summed E-state index contributed by atoms with van der Waals surface area (Å²) >= 11 is 7.65. The minimum atomic E-state index is -3.81. The van der Waals surface area contributed by atoms with Crippen LogP contribution in [0.2, 0.25) is 4.34 Å². The molecule has 1 aliphatic rings. The van der Waals surface area contributed by atoms with Gasteiger partial charge in [-0.05, 0) is 42.5 Å². The third kappa shape index (κ3) is 7.33. The number of anilines is 1. The van der Waals surface area contributed by atoms with Crippen LogP contribution in [0.15, 0.2) is 89.8 Å². The van der Waals surface area contributed by atoms with E-state index in [-0.39, 0.29) is 22.9 Å². The first-order valence-corrected chi connectivity index (χ1v) is 16.1. The van der Waals surface area contributed by atoms with Gasteiger partial charge in [0, 0.05) is 37.3 Å². The van der Waals surface area contributed by atoms with E-state index in [2.05, 4.69) is 34.6 Å². The molecule has 3 aromatic carbocycles. The number of sulfonamides is 1. The molecule has 1 fully saturated rings. The van der Waals surface area contributed by atoms with Gasteiger partial charge in [0.25, 0.3) is 0 Å². The SMILES string of the molecule is NS(=O)(=O)c1ccc(-c2nc(NC(=O)N(CCC(c3ccccc3)c3ccccc3)C3CCOCC3)sc2Cl)cc1. The molecule has 2 heterocycles. The van der Waals surface area contributed by atoms with Gasteiger partial charge in [-0.1, -0.05) is 95.7 Å². The summed E-state index contributed by atoms with van der Waals surface area (Å²) in [6.45, 7) is 1.76. The number of thiazole rings is 1. The van der Waals surface area contributed by atoms with Gasteiger partial charge in [-0.2, -0.15) is 0 Å². The zero-order valence-corrected chi connectivity index (χ0v) is 24.7. The number of nitrogens with one attached hydrogen (secondary N) is 1. The number of urea groups is 1. The number of nitrogens with two attached hydrogens (primary N) is 1. The third-order valence-electron chi connectivity index (χ3n) is 7.21. The fourth-order valence-electron chi connectivity index (χ4n) is 5.11. The number of amides is 2. The maximum Gasteiger partial charge on any atom is 0.323 e. The van der Waals surface area contributed by atoms with Crippen molar-refractivity contribution in [3.05, 3.63) is 100 Å². The molecule has 11 heteroatoms. The van der Waals surface area contributed by atoms with Crippen LogP contribution in [0.1, 0.15) is 36.3 Å². The molecule has 0 unspecified atom stereocenters. The maximum absolute atomic E-state index is 13.7. The van der Waals surface area contributed by atoms with E-state index in [0.717, 1.165) is 30.6 Å². The first kappa shape index (κ1) is 29.2. The molecular formula is C30H31ClN4O4S2. The lowest BCUT2D eigenvalue weighted by molar-refractivity contribution is 0.0475. The lowest BCUT2D eigenvalue weighted by Crippen LogP contribution is -2.46. The van der Waals surface area contributed by atoms with Gasteiger partial charge in [0.2, 0.25) is 10.0 Å². The summed E-state index contributed by atoms with van der Waals surface area (Å²) < 4.78 is 29.2. The second kappa shape index (κ2) is 13.1. The van der Waals surface area contributed by atoms with E-state index in [1.807, 2.05) is 41.3 Å². The molecule has 5 rings (SSSR count). The van der Waals surface area contributed by atoms with Crippen LogP contribution >= 0.6 is 22.9 Å². The zero-order valence-electron chi connectivity index (χ0n) is 22.3. The number of aromatic nitrogens is 1. The predicted octanol–water partition coefficient (Wildman–Crippen LogP) is 6.35. The van der Waals surface area contributed by atoms with Gasteiger partial charge in [-0.25, -0.2) is 23.3 Å². The van der Waals surface area contributed by atoms with Gasteiger partial charge in [0.1, 0.15) is 10.0 Å². The second-order valence-corrected chi connectivity index (χ2v) is 13.0. The van der Waals surface area contributed by atoms with E-state index in [9.17, 15) is 13.2 Å². The summed E-state index contributed by atoms with van der Waals surface area (Å²) in [4.78, 5) is 20.2. The highest BCUT2D eigenvalue weighted by molar-refractivity contribution is 7.89. The molecule has 1 aromatic heterocycles. The number of carbonyl (C=O) groups is 1. The Morgan fingerprint density at radius 1 is 1.00 bits per heavy atom. The molecule has 0 radical (unpaired) electrons. The molecule has 1 aliphatic heterocycles. The van der Waals surface area contributed by atoms with E-state index in [0.29, 0.717) is 40.5 Å². The van der Waals surface area contributed by atoms with Gasteiger partial charge < -0.3 is 9.64 Å². The minimum Gasteiger partial charge on any atom is -0.381 e. The van der Waals surface area contributed by atoms with Crippen molar-refractivity contribution in [1.82, 2.24) is 9.88 Å². The molecule has 2 amide bonds. The van der Waals surface area contributed by atoms with E-state index in [1.54, 1.807) is 12.1 Å². The van der Waals surface area contributed by atoms with Gasteiger partial charge >= 0.3 is 6.03 Å². The van der Waals surface area contributed by atoms with E-state index >= 15 is 0 Å². The molecule has 8 nitrogen and oxygen atoms in total. The minimum absolute atomic E-state index is 0.00228. The van der Waals surface area contributed by atoms with Crippen molar-refractivity contribution in [3.63, 3.8) is 0 Å². The number of nitrogens with zero attached hydrogens (tertiary/aromatic N) is 2. The Morgan fingerprint density at radius 3 is 2.15 bits per heavy atom. The smallest absolute Gasteiger partial charge is 0.323 e. The van der Waals surface area contributed by atoms with Crippen LogP contribution in [0, 0.1) is 0 Å². The normalized spacial score (nSPS) is 14.2. The molecule has 41 heavy (non-hydrogen) atoms. The first-order chi connectivity index (χ1) is 19.8. The van der Waals surface area contributed by atoms with E-state index in [1.165, 1.54) is 23.3 Å². The predicted molar refractivity (Wildman–Crippen MR) is 163 cm³/mol. The van der Waals surface area contributed by atoms with Gasteiger partial charge in [-0.15, -0.1) is 0 Å². The Kier molecular flexibility index (Phi) is 9.36. The van der Waals surface area contributed by atoms with Crippen molar-refractivity contribution in [1.29, 1.82) is 0 Å². The molecule has 0 bridgehead atoms. The van der Waals surface area contributed by atoms with Gasteiger partial charge in [0.05, 0.1) is 4.90 Å². The molecule has 0 atom stereocenters. The summed E-state index contributed by atoms with van der Waals surface area (Å²) in [5.74, 6) is 0.133. The topological polar surface area (TPSA) is 115 Å². The van der Waals surface area contributed by atoms with Crippen LogP contribution in [0.3, 0.4) is 0 Å². The van der Waals surface area contributed by atoms with Crippen molar-refractivity contribution >= 4 is 44.1 Å². The van der Waals surface area contributed by atoms with Crippen molar-refractivity contribution in [2.75, 3.05) is 25.1 Å². The lowest BCUT2D eigenvalue weighted by atomic mass is 9.88. The summed E-state index contributed by atoms with van der Waals surface area (Å²) in [5, 5.41) is 8.53. The van der Waals surface area contributed by atoms with Crippen LogP contribution in [-0.4, -0.2) is 50.1 Å². The lowest BCUT2D eigenvalue weighted by Gasteiger charge is -2.35. The molecule has 4 aromatic rings. The monoisotopic (exact) mass is 610 g/mol. The van der Waals surface area contributed by atoms with Gasteiger partial charge in [-0.3, -0.25) is 5.32 Å². The molecule has 0 spiro atoms. The average molecular weight is 611 g/mol. The summed E-state index contributed by atoms with van der Waals surface area (Å²) in [5.41, 5.74) is 3.49. The highest BCUT2D eigenvalue weighted by atomic mass is 35.5. The molecule has 214 valence electrons. The van der Waals surface area contributed by atoms with Crippen LogP contribution in [0.5, 0.6) is 0 Å². The summed E-state index contributed by atoms with van der Waals surface area (Å²) in [6.07, 6.45) is 2.27. The Balaban J connectivity index is 1.35. The number of halogens is 1. The van der Waals surface area contributed by atoms with E-state index < -0.39 is 10.0 Å². The summed E-state index contributed by atoms with van der Waals surface area (Å²) in [6, 6.07) is 26.5. The largest absolute Gasteiger partial charge is 0.381 e. The Bertz CT molecular complexity index is 1520. The van der Waals surface area contributed by atoms with Crippen LogP contribution < -0.4 is 10.5 Å². The third-order valence-corrected chi connectivity index (χ3v) is 9.31. The van der Waals surface area contributed by atoms with Gasteiger partial charge in [0.15, 0.2) is 5.13 Å². The second-order valence-electron chi connectivity index (χ2n) is 9.84. The number of ether oxygens (including phenoxy) is 1. The van der Waals surface area contributed by atoms with E-state index in [4.69, 9.17) is 21.5 Å². The molecule has 0 aliphatic carbocycles. The van der Waals surface area contributed by atoms with Crippen LogP contribution in [-0.2, 0) is 14.8 Å². The van der Waals surface area contributed by atoms with Crippen LogP contribution in [0.4, 0.5) is 9.93 Å². The van der Waals surface area contributed by atoms with Crippen molar-refractivity contribution in [2.24, 2.45) is 5.14 Å². The molecule has 3 N–H and O–H groups in total. The number of rotatable bonds is 9. The van der Waals surface area contributed by atoms with Crippen LogP contribution in [0.25, 0.3) is 11.3 Å². The Hall–Kier alpha value is -3.28. The molecule has 1 saturated heterocycles. The fourth-order valence-corrected chi connectivity index (χ4v) is 6.70. The van der Waals surface area contributed by atoms with Crippen molar-refractivity contribution < 1.29 is 17.9 Å². The standard InChI is InChI=1S/C30H31ClN4O4S2/c31-28-27(23-11-13-25(14-12-23)41(32,37)38)33-29(40-28)34-30(36)35(24-16-19-39-20-17-24)18-15-26(21-7-3-1-4-8-21)22-9-5-2-6-10-22/h1-14,24,26H,15-20H2,(H2,32,37,38)(H,33,34,36). The average Bonchev–Trinajstić information content (AvgIpc) is 3.35. The zero-order chi connectivity index (χ0) is 28.8. The number of primary sulfonamides is 1. The first-order valence-electron chi connectivity index (χ1n) is 13.3. The maximum atomic E-state index is 13.7. The quantitative estimate of drug-likeness (QED) is 0.229. The highest BCUT2D eigenvalue weighted by Gasteiger charge is 2.28. The Labute approximate surface area is 249 Å². The molecule has 0 saturated carbocycles. The number of hydrogen-bond acceptors (Lipinski definition) is 6. The fraction of sp³-hybridized carbons (Fsp3) is 0.267. The summed E-state index contributed by atoms with van der Waals surface area (Å²) in [7, 11) is -3.81. The van der Waals surface area contributed by atoms with Crippen molar-refractivity contribution in [3.8, 4) is 11.3 Å².